The number of carbonyl (C=O) groups is 1. The number of carbonyl (C=O) groups excluding carboxylic acids is 1. The lowest BCUT2D eigenvalue weighted by Gasteiger charge is -2.28. The molecule has 240 valence electrons. The van der Waals surface area contributed by atoms with E-state index in [0.717, 1.165) is 32.9 Å². The quantitative estimate of drug-likeness (QED) is 0.229. The first-order valence-corrected chi connectivity index (χ1v) is 15.9. The first-order valence-electron chi connectivity index (χ1n) is 14.4. The maximum atomic E-state index is 16.4. The molecule has 4 heterocycles. The summed E-state index contributed by atoms with van der Waals surface area (Å²) in [5.74, 6) is -2.92. The number of nitrogens with zero attached hydrogens (tertiary/aromatic N) is 5. The Bertz CT molecular complexity index is 1540. The van der Waals surface area contributed by atoms with Crippen molar-refractivity contribution in [1.29, 1.82) is 0 Å². The minimum atomic E-state index is -4.55. The molecule has 2 aliphatic heterocycles. The molecule has 13 nitrogen and oxygen atoms in total. The number of rotatable bonds is 11. The van der Waals surface area contributed by atoms with Crippen LogP contribution in [0.15, 0.2) is 36.7 Å². The van der Waals surface area contributed by atoms with Gasteiger partial charge in [0.05, 0.1) is 12.4 Å². The van der Waals surface area contributed by atoms with Gasteiger partial charge in [-0.25, -0.2) is 28.3 Å². The van der Waals surface area contributed by atoms with Crippen molar-refractivity contribution >= 4 is 30.7 Å². The lowest BCUT2D eigenvalue weighted by atomic mass is 9.97. The fourth-order valence-corrected chi connectivity index (χ4v) is 6.70. The Hall–Kier alpha value is -3.23. The maximum Gasteiger partial charge on any atom is 0.459 e. The Morgan fingerprint density at radius 1 is 1.20 bits per heavy atom. The number of hydrogen-bond donors (Lipinski definition) is 2. The molecule has 0 radical (unpaired) electrons. The van der Waals surface area contributed by atoms with Gasteiger partial charge in [0.1, 0.15) is 24.2 Å². The summed E-state index contributed by atoms with van der Waals surface area (Å²) in [6, 6.07) is 6.63. The molecule has 3 aromatic rings. The van der Waals surface area contributed by atoms with E-state index in [1.54, 1.807) is 39.0 Å². The van der Waals surface area contributed by atoms with Crippen LogP contribution in [-0.4, -0.2) is 80.1 Å². The fraction of sp³-hybridized carbons (Fsp3) is 0.571. The Morgan fingerprint density at radius 3 is 2.55 bits per heavy atom. The summed E-state index contributed by atoms with van der Waals surface area (Å²) in [5, 5.41) is 13.3. The van der Waals surface area contributed by atoms with E-state index >= 15 is 8.78 Å². The molecule has 2 aromatic heterocycles. The number of aliphatic hydroxyl groups excluding tert-OH is 1. The highest BCUT2D eigenvalue weighted by molar-refractivity contribution is 7.52. The van der Waals surface area contributed by atoms with Gasteiger partial charge >= 0.3 is 13.7 Å². The number of fused-ring (bicyclic) bond motifs is 1. The third kappa shape index (κ3) is 6.43. The first kappa shape index (κ1) is 32.2. The smallest absolute Gasteiger partial charge is 0.459 e. The van der Waals surface area contributed by atoms with Crippen LogP contribution in [0, 0.1) is 6.92 Å². The van der Waals surface area contributed by atoms with Gasteiger partial charge in [-0.1, -0.05) is 18.2 Å². The Labute approximate surface area is 253 Å². The number of alkyl halides is 2. The predicted molar refractivity (Wildman–Crippen MR) is 155 cm³/mol. The molecule has 2 aliphatic rings. The van der Waals surface area contributed by atoms with Crippen molar-refractivity contribution in [1.82, 2.24) is 24.6 Å². The second-order valence-corrected chi connectivity index (χ2v) is 13.1. The molecule has 2 N–H and O–H groups in total. The predicted octanol–water partition coefficient (Wildman–Crippen LogP) is 4.15. The molecule has 2 saturated heterocycles. The van der Waals surface area contributed by atoms with E-state index in [4.69, 9.17) is 18.5 Å². The summed E-state index contributed by atoms with van der Waals surface area (Å²) >= 11 is 0. The standard InChI is InChI=1S/C28H37F2N6O7P/c1-17(2)41-24(37)18(3)34-44(39,43-20-11-7-6-8-12-20)40-15-28(30)25(38)27(5,29)26(42-28)36-16-31-21-22(35-13-9-10-14-35)32-19(4)33-23(21)36/h6-8,11-12,16-18,25-26,38H,9-10,13-15H2,1-5H3,(H,34,39)/t18-,25-,26+,27+,28+,44-/m0/s1. The van der Waals surface area contributed by atoms with Crippen LogP contribution in [-0.2, 0) is 23.4 Å². The van der Waals surface area contributed by atoms with E-state index in [2.05, 4.69) is 24.9 Å². The molecule has 2 fully saturated rings. The number of hydrogen-bond acceptors (Lipinski definition) is 11. The van der Waals surface area contributed by atoms with Gasteiger partial charge in [0.2, 0.25) is 0 Å². The summed E-state index contributed by atoms with van der Waals surface area (Å²) in [6.07, 6.45) is -1.36. The van der Waals surface area contributed by atoms with E-state index in [9.17, 15) is 14.5 Å². The topological polar surface area (TPSA) is 150 Å². The van der Waals surface area contributed by atoms with Gasteiger partial charge in [-0.3, -0.25) is 13.9 Å². The number of nitrogens with one attached hydrogen (secondary N) is 1. The van der Waals surface area contributed by atoms with Crippen LogP contribution >= 0.6 is 7.75 Å². The molecule has 0 spiro atoms. The number of aromatic nitrogens is 4. The average Bonchev–Trinajstić information content (AvgIpc) is 3.68. The minimum absolute atomic E-state index is 0.0792. The lowest BCUT2D eigenvalue weighted by Crippen LogP contribution is -2.47. The summed E-state index contributed by atoms with van der Waals surface area (Å²) in [7, 11) is -4.55. The molecule has 44 heavy (non-hydrogen) atoms. The third-order valence-electron chi connectivity index (χ3n) is 7.36. The lowest BCUT2D eigenvalue weighted by molar-refractivity contribution is -0.202. The van der Waals surface area contributed by atoms with Gasteiger partial charge in [0.25, 0.3) is 5.85 Å². The van der Waals surface area contributed by atoms with Crippen LogP contribution in [0.25, 0.3) is 11.2 Å². The van der Waals surface area contributed by atoms with E-state index in [1.165, 1.54) is 30.0 Å². The number of esters is 1. The fourth-order valence-electron chi connectivity index (χ4n) is 5.20. The average molecular weight is 639 g/mol. The zero-order chi connectivity index (χ0) is 31.9. The monoisotopic (exact) mass is 638 g/mol. The molecule has 5 rings (SSSR count). The highest BCUT2D eigenvalue weighted by Crippen LogP contribution is 2.52. The summed E-state index contributed by atoms with van der Waals surface area (Å²) in [5.41, 5.74) is -2.14. The van der Waals surface area contributed by atoms with Crippen LogP contribution in [0.5, 0.6) is 5.75 Å². The molecule has 0 bridgehead atoms. The largest absolute Gasteiger partial charge is 0.462 e. The Kier molecular flexibility index (Phi) is 8.98. The van der Waals surface area contributed by atoms with Gasteiger partial charge in [0.15, 0.2) is 35.0 Å². The highest BCUT2D eigenvalue weighted by atomic mass is 31.2. The third-order valence-corrected chi connectivity index (χ3v) is 8.99. The van der Waals surface area contributed by atoms with Crippen molar-refractivity contribution < 1.29 is 41.8 Å². The SMILES string of the molecule is Cc1nc(N2CCCC2)c2ncn([C@@H]3O[C@](F)(CO[P@@](=O)(N[C@@H](C)C(=O)OC(C)C)Oc4ccccc4)[C@@H](O)[C@@]3(C)F)c2n1. The molecule has 0 amide bonds. The number of anilines is 1. The molecule has 6 atom stereocenters. The van der Waals surface area contributed by atoms with Gasteiger partial charge in [0, 0.05) is 13.1 Å². The second-order valence-electron chi connectivity index (χ2n) is 11.4. The number of para-hydroxylation sites is 1. The van der Waals surface area contributed by atoms with Gasteiger partial charge in [-0.15, -0.1) is 0 Å². The molecule has 0 unspecified atom stereocenters. The van der Waals surface area contributed by atoms with Crippen molar-refractivity contribution in [2.45, 2.75) is 83.5 Å². The van der Waals surface area contributed by atoms with Crippen LogP contribution < -0.4 is 14.5 Å². The number of halogens is 2. The summed E-state index contributed by atoms with van der Waals surface area (Å²) in [4.78, 5) is 27.8. The molecule has 1 aromatic carbocycles. The van der Waals surface area contributed by atoms with Crippen molar-refractivity contribution in [2.75, 3.05) is 24.6 Å². The molecule has 0 aliphatic carbocycles. The van der Waals surface area contributed by atoms with E-state index in [-0.39, 0.29) is 11.4 Å². The number of ether oxygens (including phenoxy) is 2. The van der Waals surface area contributed by atoms with Gasteiger partial charge < -0.3 is 24.0 Å². The van der Waals surface area contributed by atoms with E-state index in [0.29, 0.717) is 17.2 Å². The van der Waals surface area contributed by atoms with E-state index < -0.39 is 56.3 Å². The van der Waals surface area contributed by atoms with Gasteiger partial charge in [-0.05, 0) is 59.6 Å². The van der Waals surface area contributed by atoms with Crippen LogP contribution in [0.4, 0.5) is 14.6 Å². The second kappa shape index (κ2) is 12.3. The van der Waals surface area contributed by atoms with Crippen LogP contribution in [0.2, 0.25) is 0 Å². The Morgan fingerprint density at radius 2 is 1.89 bits per heavy atom. The molecular formula is C28H37F2N6O7P. The van der Waals surface area contributed by atoms with Crippen LogP contribution in [0.1, 0.15) is 52.6 Å². The summed E-state index contributed by atoms with van der Waals surface area (Å²) < 4.78 is 69.2. The highest BCUT2D eigenvalue weighted by Gasteiger charge is 2.65. The number of aryl methyl sites for hydroxylation is 1. The minimum Gasteiger partial charge on any atom is -0.462 e. The number of benzene rings is 1. The van der Waals surface area contributed by atoms with Crippen molar-refractivity contribution in [3.8, 4) is 5.75 Å². The van der Waals surface area contributed by atoms with Crippen molar-refractivity contribution in [2.24, 2.45) is 0 Å². The number of imidazole rings is 1. The first-order chi connectivity index (χ1) is 20.7. The van der Waals surface area contributed by atoms with Crippen molar-refractivity contribution in [3.63, 3.8) is 0 Å². The molecule has 16 heteroatoms. The van der Waals surface area contributed by atoms with E-state index in [1.807, 2.05) is 0 Å². The normalized spacial score (nSPS) is 27.5. The van der Waals surface area contributed by atoms with Gasteiger partial charge in [-0.2, -0.15) is 5.09 Å². The molecular weight excluding hydrogens is 601 g/mol. The number of aliphatic hydroxyl groups is 1. The van der Waals surface area contributed by atoms with Crippen molar-refractivity contribution in [3.05, 3.63) is 42.5 Å². The maximum absolute atomic E-state index is 16.4. The molecule has 0 saturated carbocycles. The Balaban J connectivity index is 1.41. The summed E-state index contributed by atoms with van der Waals surface area (Å²) in [6.45, 7) is 7.62. The van der Waals surface area contributed by atoms with Crippen LogP contribution in [0.3, 0.4) is 0 Å². The zero-order valence-corrected chi connectivity index (χ0v) is 26.0. The zero-order valence-electron chi connectivity index (χ0n) is 25.1.